The molecular formula is C57H72F2N10O5. The van der Waals surface area contributed by atoms with Gasteiger partial charge in [-0.15, -0.1) is 0 Å². The van der Waals surface area contributed by atoms with Crippen LogP contribution in [-0.4, -0.2) is 126 Å². The minimum Gasteiger partial charge on any atom is -0.500 e. The van der Waals surface area contributed by atoms with Crippen LogP contribution in [0.5, 0.6) is 0 Å². The van der Waals surface area contributed by atoms with Crippen LogP contribution in [-0.2, 0) is 45.4 Å². The lowest BCUT2D eigenvalue weighted by Crippen LogP contribution is -2.74. The molecule has 1 N–H and O–H groups in total. The summed E-state index contributed by atoms with van der Waals surface area (Å²) in [6.07, 6.45) is 9.82. The van der Waals surface area contributed by atoms with Crippen LogP contribution in [0, 0.1) is 28.1 Å². The van der Waals surface area contributed by atoms with Crippen LogP contribution in [0.3, 0.4) is 0 Å². The predicted octanol–water partition coefficient (Wildman–Crippen LogP) is 8.69. The minimum atomic E-state index is -2.66. The highest BCUT2D eigenvalue weighted by Gasteiger charge is 2.63. The molecule has 6 heterocycles. The van der Waals surface area contributed by atoms with E-state index in [-0.39, 0.29) is 58.6 Å². The van der Waals surface area contributed by atoms with Crippen molar-refractivity contribution >= 4 is 29.0 Å². The lowest BCUT2D eigenvalue weighted by Gasteiger charge is -2.64. The number of ether oxygens (including phenoxy) is 3. The monoisotopic (exact) mass is 1010 g/mol. The third kappa shape index (κ3) is 9.62. The van der Waals surface area contributed by atoms with E-state index in [2.05, 4.69) is 63.6 Å². The van der Waals surface area contributed by atoms with E-state index in [0.717, 1.165) is 98.8 Å². The molecule has 2 aliphatic carbocycles. The number of hydrogen-bond acceptors (Lipinski definition) is 11. The van der Waals surface area contributed by atoms with Crippen LogP contribution in [0.4, 0.5) is 26.0 Å². The van der Waals surface area contributed by atoms with E-state index in [9.17, 15) is 23.6 Å². The van der Waals surface area contributed by atoms with Gasteiger partial charge in [0.05, 0.1) is 49.8 Å². The second-order valence-corrected chi connectivity index (χ2v) is 22.6. The quantitative estimate of drug-likeness (QED) is 0.137. The smallest absolute Gasteiger partial charge is 0.264 e. The van der Waals surface area contributed by atoms with Gasteiger partial charge in [0, 0.05) is 148 Å². The average molecular weight is 1020 g/mol. The zero-order valence-corrected chi connectivity index (χ0v) is 44.2. The number of anilines is 3. The summed E-state index contributed by atoms with van der Waals surface area (Å²) in [7, 11) is 5.18. The van der Waals surface area contributed by atoms with Crippen molar-refractivity contribution in [3.63, 3.8) is 0 Å². The fourth-order valence-corrected chi connectivity index (χ4v) is 13.5. The van der Waals surface area contributed by atoms with E-state index in [0.29, 0.717) is 66.4 Å². The summed E-state index contributed by atoms with van der Waals surface area (Å²) < 4.78 is 51.8. The molecule has 0 spiro atoms. The molecule has 0 bridgehead atoms. The van der Waals surface area contributed by atoms with Gasteiger partial charge in [0.15, 0.2) is 5.82 Å². The summed E-state index contributed by atoms with van der Waals surface area (Å²) in [5, 5.41) is 22.4. The molecule has 10 rings (SSSR count). The van der Waals surface area contributed by atoms with Crippen molar-refractivity contribution in [2.75, 3.05) is 69.8 Å². The van der Waals surface area contributed by atoms with Crippen molar-refractivity contribution < 1.29 is 32.6 Å². The number of piperidine rings is 2. The number of halogens is 2. The Morgan fingerprint density at radius 3 is 2.41 bits per heavy atom. The Labute approximate surface area is 434 Å². The standard InChI is InChI=1S/C57H72F2N10O5/c1-35(70)66-25-20-47-46(33-66)52(68-21-9-10-37-26-44(40-30-61-64(6)31-40)45(51(58)59)28-48(37)68)63-69(47)42-18-22-65(23-19-42)32-39-17-24-67(34-50(39)73-8)41-14-11-36(12-15-41)53(71)62-54-56(2,3)55(57(54,4)5)74-43-16-13-38(29-60)49(27-43)72-7/h11-16,26,28,30-31,39,42-43,50-51,54-55H,9-10,17-25,27,32-34H2,1-8H3,(H,62,71)/t39-,43?,50-,54?,55?/m1/s1. The molecule has 2 amide bonds. The normalized spacial score (nSPS) is 24.8. The second kappa shape index (κ2) is 20.6. The molecule has 1 unspecified atom stereocenters. The van der Waals surface area contributed by atoms with E-state index in [1.54, 1.807) is 50.3 Å². The van der Waals surface area contributed by atoms with Gasteiger partial charge in [-0.05, 0) is 85.7 Å². The number of alkyl halides is 2. The Kier molecular flexibility index (Phi) is 14.3. The van der Waals surface area contributed by atoms with Crippen LogP contribution < -0.4 is 15.1 Å². The number of aryl methyl sites for hydroxylation is 2. The van der Waals surface area contributed by atoms with Crippen molar-refractivity contribution in [2.24, 2.45) is 23.8 Å². The lowest BCUT2D eigenvalue weighted by atomic mass is 9.49. The highest BCUT2D eigenvalue weighted by atomic mass is 19.3. The molecule has 2 aromatic carbocycles. The van der Waals surface area contributed by atoms with Gasteiger partial charge in [-0.25, -0.2) is 8.78 Å². The molecule has 3 fully saturated rings. The summed E-state index contributed by atoms with van der Waals surface area (Å²) in [6, 6.07) is 13.8. The topological polar surface area (TPSA) is 146 Å². The van der Waals surface area contributed by atoms with Gasteiger partial charge in [-0.2, -0.15) is 15.5 Å². The number of nitrogens with one attached hydrogen (secondary N) is 1. The van der Waals surface area contributed by atoms with E-state index >= 15 is 0 Å². The van der Waals surface area contributed by atoms with E-state index in [1.165, 1.54) is 0 Å². The van der Waals surface area contributed by atoms with Crippen molar-refractivity contribution in [1.29, 1.82) is 5.26 Å². The van der Waals surface area contributed by atoms with Gasteiger partial charge >= 0.3 is 0 Å². The number of aromatic nitrogens is 4. The van der Waals surface area contributed by atoms with Gasteiger partial charge in [-0.3, -0.25) is 19.0 Å². The third-order valence-corrected chi connectivity index (χ3v) is 17.2. The molecule has 15 nitrogen and oxygen atoms in total. The number of nitrogens with zero attached hydrogens (tertiary/aromatic N) is 9. The molecule has 2 saturated heterocycles. The van der Waals surface area contributed by atoms with Crippen LogP contribution in [0.1, 0.15) is 112 Å². The Morgan fingerprint density at radius 2 is 1.74 bits per heavy atom. The predicted molar refractivity (Wildman–Crippen MR) is 279 cm³/mol. The molecular weight excluding hydrogens is 943 g/mol. The second-order valence-electron chi connectivity index (χ2n) is 22.6. The molecule has 74 heavy (non-hydrogen) atoms. The van der Waals surface area contributed by atoms with Gasteiger partial charge in [0.1, 0.15) is 11.8 Å². The number of benzene rings is 2. The zero-order valence-electron chi connectivity index (χ0n) is 44.2. The molecule has 3 atom stereocenters. The maximum atomic E-state index is 14.8. The molecule has 0 radical (unpaired) electrons. The van der Waals surface area contributed by atoms with Crippen molar-refractivity contribution in [2.45, 2.75) is 123 Å². The molecule has 2 aromatic heterocycles. The Morgan fingerprint density at radius 1 is 0.986 bits per heavy atom. The number of allylic oxidation sites excluding steroid dienone is 2. The van der Waals surface area contributed by atoms with Gasteiger partial charge in [-0.1, -0.05) is 33.8 Å². The highest BCUT2D eigenvalue weighted by Crippen LogP contribution is 2.56. The average Bonchev–Trinajstić information content (AvgIpc) is 4.02. The molecule has 4 aliphatic heterocycles. The largest absolute Gasteiger partial charge is 0.500 e. The number of methoxy groups -OCH3 is 2. The Hall–Kier alpha value is -6.09. The van der Waals surface area contributed by atoms with Crippen molar-refractivity contribution in [1.82, 2.24) is 34.7 Å². The fourth-order valence-electron chi connectivity index (χ4n) is 13.5. The number of fused-ring (bicyclic) bond motifs is 2. The molecule has 1 saturated carbocycles. The molecule has 6 aliphatic rings. The first-order valence-electron chi connectivity index (χ1n) is 26.5. The van der Waals surface area contributed by atoms with Gasteiger partial charge < -0.3 is 39.1 Å². The minimum absolute atomic E-state index is 0.0161. The number of carbonyl (C=O) groups is 2. The first kappa shape index (κ1) is 51.4. The van der Waals surface area contributed by atoms with E-state index in [1.807, 2.05) is 48.4 Å². The summed E-state index contributed by atoms with van der Waals surface area (Å²) >= 11 is 0. The number of rotatable bonds is 13. The maximum Gasteiger partial charge on any atom is 0.264 e. The van der Waals surface area contributed by atoms with Crippen molar-refractivity contribution in [3.05, 3.63) is 100 Å². The van der Waals surface area contributed by atoms with Gasteiger partial charge in [0.2, 0.25) is 5.91 Å². The van der Waals surface area contributed by atoms with Crippen LogP contribution in [0.25, 0.3) is 11.1 Å². The number of carbonyl (C=O) groups excluding carboxylic acids is 2. The fraction of sp³-hybridized carbons (Fsp3) is 0.561. The molecule has 17 heteroatoms. The first-order valence-corrected chi connectivity index (χ1v) is 26.5. The number of likely N-dealkylation sites (tertiary alicyclic amines) is 1. The van der Waals surface area contributed by atoms with Crippen LogP contribution >= 0.6 is 0 Å². The Balaban J connectivity index is 0.759. The number of hydrogen-bond donors (Lipinski definition) is 1. The van der Waals surface area contributed by atoms with E-state index in [4.69, 9.17) is 19.3 Å². The maximum absolute atomic E-state index is 14.8. The van der Waals surface area contributed by atoms with Gasteiger partial charge in [0.25, 0.3) is 12.3 Å². The SMILES string of the molecule is COC1=C(C#N)C=CC(OC2C(C)(C)C(NC(=O)c3ccc(N4CC[C@H](CN5CCC(n6nc(N7CCCc8cc(-c9cnn(C)c9)c(C(F)F)cc87)c7c6CCN(C(C)=O)C7)CC5)[C@H](OC)C4)cc3)C2(C)C)C1. The molecule has 394 valence electrons. The third-order valence-electron chi connectivity index (χ3n) is 17.2. The lowest BCUT2D eigenvalue weighted by molar-refractivity contribution is -0.221. The summed E-state index contributed by atoms with van der Waals surface area (Å²) in [4.78, 5) is 35.5. The summed E-state index contributed by atoms with van der Waals surface area (Å²) in [6.45, 7) is 16.3. The van der Waals surface area contributed by atoms with Crippen LogP contribution in [0.15, 0.2) is 72.3 Å². The summed E-state index contributed by atoms with van der Waals surface area (Å²) in [5.74, 6) is 1.68. The first-order chi connectivity index (χ1) is 35.5. The number of nitriles is 1. The van der Waals surface area contributed by atoms with Crippen LogP contribution in [0.2, 0.25) is 0 Å². The number of amides is 2. The molecule has 4 aromatic rings. The van der Waals surface area contributed by atoms with E-state index < -0.39 is 6.43 Å². The van der Waals surface area contributed by atoms with Crippen molar-refractivity contribution in [3.8, 4) is 17.2 Å². The highest BCUT2D eigenvalue weighted by molar-refractivity contribution is 5.95. The summed E-state index contributed by atoms with van der Waals surface area (Å²) in [5.41, 5.74) is 6.66. The zero-order chi connectivity index (χ0) is 52.2. The Bertz CT molecular complexity index is 2840.